The van der Waals surface area contributed by atoms with Crippen LogP contribution in [-0.4, -0.2) is 28.7 Å². The van der Waals surface area contributed by atoms with E-state index in [2.05, 4.69) is 11.9 Å². The van der Waals surface area contributed by atoms with Crippen molar-refractivity contribution in [1.82, 2.24) is 9.55 Å². The Labute approximate surface area is 128 Å². The van der Waals surface area contributed by atoms with E-state index < -0.39 is 0 Å². The fourth-order valence-corrected chi connectivity index (χ4v) is 2.44. The lowest BCUT2D eigenvalue weighted by molar-refractivity contribution is -0.143. The van der Waals surface area contributed by atoms with Crippen molar-refractivity contribution in [3.63, 3.8) is 0 Å². The van der Waals surface area contributed by atoms with Gasteiger partial charge in [-0.3, -0.25) is 4.79 Å². The maximum Gasteiger partial charge on any atom is 0.307 e. The maximum atomic E-state index is 11.5. The maximum absolute atomic E-state index is 11.5. The van der Waals surface area contributed by atoms with Crippen LogP contribution in [0.5, 0.6) is 5.75 Å². The first kappa shape index (κ1) is 15.6. The number of rotatable bonds is 7. The van der Waals surface area contributed by atoms with E-state index in [1.54, 1.807) is 6.92 Å². The molecule has 0 bridgehead atoms. The average molecular weight is 308 g/mol. The van der Waals surface area contributed by atoms with Crippen molar-refractivity contribution in [2.45, 2.75) is 33.2 Å². The Morgan fingerprint density at radius 2 is 2.19 bits per heavy atom. The minimum atomic E-state index is -0.216. The molecular weight excluding hydrogens is 288 g/mol. The Kier molecular flexibility index (Phi) is 5.38. The Morgan fingerprint density at radius 3 is 2.90 bits per heavy atom. The summed E-state index contributed by atoms with van der Waals surface area (Å²) in [7, 11) is 0. The Balaban J connectivity index is 2.26. The van der Waals surface area contributed by atoms with Crippen molar-refractivity contribution in [1.29, 1.82) is 0 Å². The summed E-state index contributed by atoms with van der Waals surface area (Å²) < 4.78 is 13.2. The van der Waals surface area contributed by atoms with Crippen LogP contribution in [0.15, 0.2) is 18.2 Å². The Bertz CT molecular complexity index is 675. The molecule has 0 aliphatic heterocycles. The Hall–Kier alpha value is -1.82. The van der Waals surface area contributed by atoms with Crippen LogP contribution >= 0.6 is 12.2 Å². The zero-order valence-electron chi connectivity index (χ0n) is 12.3. The molecule has 114 valence electrons. The molecule has 0 saturated heterocycles. The lowest BCUT2D eigenvalue weighted by atomic mass is 10.3. The highest BCUT2D eigenvalue weighted by Gasteiger charge is 2.11. The number of esters is 1. The van der Waals surface area contributed by atoms with Gasteiger partial charge in [0.2, 0.25) is 0 Å². The molecule has 0 saturated carbocycles. The minimum absolute atomic E-state index is 0.216. The number of para-hydroxylation sites is 1. The summed E-state index contributed by atoms with van der Waals surface area (Å²) in [6, 6.07) is 5.81. The van der Waals surface area contributed by atoms with Crippen molar-refractivity contribution in [2.24, 2.45) is 0 Å². The smallest absolute Gasteiger partial charge is 0.307 e. The van der Waals surface area contributed by atoms with E-state index in [1.807, 2.05) is 22.8 Å². The van der Waals surface area contributed by atoms with E-state index in [9.17, 15) is 4.79 Å². The number of imidazole rings is 1. The number of aromatic amines is 1. The molecule has 0 unspecified atom stereocenters. The van der Waals surface area contributed by atoms with E-state index in [0.29, 0.717) is 31.0 Å². The summed E-state index contributed by atoms with van der Waals surface area (Å²) >= 11 is 5.34. The van der Waals surface area contributed by atoms with Gasteiger partial charge in [0, 0.05) is 6.54 Å². The lowest BCUT2D eigenvalue weighted by Gasteiger charge is -2.07. The molecule has 2 rings (SSSR count). The van der Waals surface area contributed by atoms with E-state index in [4.69, 9.17) is 21.7 Å². The van der Waals surface area contributed by atoms with Crippen LogP contribution in [0.2, 0.25) is 0 Å². The molecule has 1 N–H and O–H groups in total. The topological polar surface area (TPSA) is 56.2 Å². The number of H-pyrrole nitrogens is 1. The summed E-state index contributed by atoms with van der Waals surface area (Å²) in [4.78, 5) is 14.7. The molecule has 21 heavy (non-hydrogen) atoms. The average Bonchev–Trinajstić information content (AvgIpc) is 2.79. The first-order valence-corrected chi connectivity index (χ1v) is 7.58. The molecule has 5 nitrogen and oxygen atoms in total. The molecule has 2 aromatic rings. The Morgan fingerprint density at radius 1 is 1.38 bits per heavy atom. The molecule has 0 radical (unpaired) electrons. The zero-order valence-corrected chi connectivity index (χ0v) is 13.2. The molecule has 0 aliphatic carbocycles. The number of carbonyl (C=O) groups is 1. The zero-order chi connectivity index (χ0) is 15.2. The van der Waals surface area contributed by atoms with Crippen molar-refractivity contribution in [2.75, 3.05) is 13.2 Å². The van der Waals surface area contributed by atoms with Crippen LogP contribution in [-0.2, 0) is 16.1 Å². The summed E-state index contributed by atoms with van der Waals surface area (Å²) in [5, 5.41) is 0. The number of hydrogen-bond acceptors (Lipinski definition) is 4. The third kappa shape index (κ3) is 3.64. The molecular formula is C15H20N2O3S. The van der Waals surface area contributed by atoms with Gasteiger partial charge >= 0.3 is 5.97 Å². The van der Waals surface area contributed by atoms with Crippen molar-refractivity contribution in [3.8, 4) is 5.75 Å². The molecule has 0 spiro atoms. The number of hydrogen-bond donors (Lipinski definition) is 1. The highest BCUT2D eigenvalue weighted by atomic mass is 32.1. The van der Waals surface area contributed by atoms with Crippen molar-refractivity contribution < 1.29 is 14.3 Å². The standard InChI is InChI=1S/C15H20N2O3S/c1-3-10-20-12-7-5-6-11-14(12)16-15(21)17(11)9-8-13(18)19-4-2/h5-7H,3-4,8-10H2,1-2H3,(H,16,21). The first-order chi connectivity index (χ1) is 10.2. The van der Waals surface area contributed by atoms with Crippen LogP contribution in [0.1, 0.15) is 26.7 Å². The van der Waals surface area contributed by atoms with Gasteiger partial charge in [-0.25, -0.2) is 0 Å². The molecule has 1 aromatic heterocycles. The van der Waals surface area contributed by atoms with Gasteiger partial charge in [0.1, 0.15) is 11.3 Å². The van der Waals surface area contributed by atoms with Crippen LogP contribution < -0.4 is 4.74 Å². The van der Waals surface area contributed by atoms with Gasteiger partial charge in [-0.05, 0) is 37.7 Å². The number of benzene rings is 1. The number of fused-ring (bicyclic) bond motifs is 1. The van der Waals surface area contributed by atoms with Crippen LogP contribution in [0, 0.1) is 4.77 Å². The largest absolute Gasteiger partial charge is 0.491 e. The molecule has 6 heteroatoms. The minimum Gasteiger partial charge on any atom is -0.491 e. The van der Waals surface area contributed by atoms with E-state index in [0.717, 1.165) is 23.2 Å². The van der Waals surface area contributed by atoms with Crippen LogP contribution in [0.3, 0.4) is 0 Å². The number of nitrogens with zero attached hydrogens (tertiary/aromatic N) is 1. The predicted octanol–water partition coefficient (Wildman–Crippen LogP) is 3.44. The van der Waals surface area contributed by atoms with Gasteiger partial charge in [-0.2, -0.15) is 0 Å². The number of aryl methyl sites for hydroxylation is 1. The highest BCUT2D eigenvalue weighted by Crippen LogP contribution is 2.25. The van der Waals surface area contributed by atoms with Gasteiger partial charge in [0.25, 0.3) is 0 Å². The molecule has 0 aliphatic rings. The van der Waals surface area contributed by atoms with Crippen molar-refractivity contribution in [3.05, 3.63) is 23.0 Å². The van der Waals surface area contributed by atoms with Crippen LogP contribution in [0.4, 0.5) is 0 Å². The number of aromatic nitrogens is 2. The second-order valence-electron chi connectivity index (χ2n) is 4.64. The lowest BCUT2D eigenvalue weighted by Crippen LogP contribution is -2.09. The molecule has 1 heterocycles. The van der Waals surface area contributed by atoms with Gasteiger partial charge in [0.05, 0.1) is 25.2 Å². The predicted molar refractivity (Wildman–Crippen MR) is 84.2 cm³/mol. The fraction of sp³-hybridized carbons (Fsp3) is 0.467. The molecule has 1 aromatic carbocycles. The normalized spacial score (nSPS) is 10.8. The van der Waals surface area contributed by atoms with Gasteiger partial charge in [-0.15, -0.1) is 0 Å². The SMILES string of the molecule is CCCOc1cccc2c1[nH]c(=S)n2CCC(=O)OCC. The van der Waals surface area contributed by atoms with Crippen molar-refractivity contribution >= 4 is 29.2 Å². The highest BCUT2D eigenvalue weighted by molar-refractivity contribution is 7.71. The van der Waals surface area contributed by atoms with E-state index >= 15 is 0 Å². The summed E-state index contributed by atoms with van der Waals surface area (Å²) in [6.45, 7) is 5.41. The van der Waals surface area contributed by atoms with Gasteiger partial charge in [-0.1, -0.05) is 13.0 Å². The quantitative estimate of drug-likeness (QED) is 0.629. The number of nitrogens with one attached hydrogen (secondary N) is 1. The number of carbonyl (C=O) groups excluding carboxylic acids is 1. The first-order valence-electron chi connectivity index (χ1n) is 7.17. The third-order valence-corrected chi connectivity index (χ3v) is 3.40. The second-order valence-corrected chi connectivity index (χ2v) is 5.02. The summed E-state index contributed by atoms with van der Waals surface area (Å²) in [5.74, 6) is 0.572. The number of ether oxygens (including phenoxy) is 2. The van der Waals surface area contributed by atoms with E-state index in [1.165, 1.54) is 0 Å². The fourth-order valence-electron chi connectivity index (χ4n) is 2.14. The molecule has 0 amide bonds. The van der Waals surface area contributed by atoms with Gasteiger partial charge < -0.3 is 19.0 Å². The molecule has 0 fully saturated rings. The monoisotopic (exact) mass is 308 g/mol. The third-order valence-electron chi connectivity index (χ3n) is 3.08. The second kappa shape index (κ2) is 7.26. The summed E-state index contributed by atoms with van der Waals surface area (Å²) in [6.07, 6.45) is 1.25. The summed E-state index contributed by atoms with van der Waals surface area (Å²) in [5.41, 5.74) is 1.82. The van der Waals surface area contributed by atoms with E-state index in [-0.39, 0.29) is 5.97 Å². The molecule has 0 atom stereocenters. The van der Waals surface area contributed by atoms with Gasteiger partial charge in [0.15, 0.2) is 4.77 Å². The van der Waals surface area contributed by atoms with Crippen LogP contribution in [0.25, 0.3) is 11.0 Å².